The van der Waals surface area contributed by atoms with E-state index in [0.29, 0.717) is 0 Å². The number of likely N-dealkylation sites (tertiary alicyclic amines) is 1. The van der Waals surface area contributed by atoms with Gasteiger partial charge in [0, 0.05) is 6.54 Å². The third kappa shape index (κ3) is 4.12. The van der Waals surface area contributed by atoms with Gasteiger partial charge < -0.3 is 10.2 Å². The van der Waals surface area contributed by atoms with Crippen LogP contribution in [-0.4, -0.2) is 37.6 Å². The van der Waals surface area contributed by atoms with Crippen molar-refractivity contribution in [3.05, 3.63) is 0 Å². The van der Waals surface area contributed by atoms with Crippen LogP contribution in [0.2, 0.25) is 0 Å². The molecule has 0 unspecified atom stereocenters. The van der Waals surface area contributed by atoms with Crippen LogP contribution >= 0.6 is 0 Å². The molecule has 0 aromatic rings. The lowest BCUT2D eigenvalue weighted by atomic mass is 9.75. The van der Waals surface area contributed by atoms with E-state index in [9.17, 15) is 0 Å². The second-order valence-electron chi connectivity index (χ2n) is 4.17. The third-order valence-corrected chi connectivity index (χ3v) is 3.34. The summed E-state index contributed by atoms with van der Waals surface area (Å²) in [4.78, 5) is 2.61. The maximum Gasteiger partial charge on any atom is 0.0879 e. The number of nitrogens with two attached hydrogens (primary N) is 1. The van der Waals surface area contributed by atoms with E-state index in [2.05, 4.69) is 17.1 Å². The fourth-order valence-corrected chi connectivity index (χ4v) is 2.47. The molecule has 0 aromatic heterocycles. The zero-order chi connectivity index (χ0) is 11.7. The topological polar surface area (TPSA) is 19.9 Å². The first-order valence-electron chi connectivity index (χ1n) is 6.89. The van der Waals surface area contributed by atoms with Crippen LogP contribution in [0, 0.1) is 5.41 Å². The largest absolute Gasteiger partial charge is 0.345 e. The number of nitrogens with zero attached hydrogens (tertiary/aromatic N) is 1. The molecule has 0 atom stereocenters. The van der Waals surface area contributed by atoms with Gasteiger partial charge in [-0.3, -0.25) is 0 Å². The van der Waals surface area contributed by atoms with Gasteiger partial charge in [0.15, 0.2) is 0 Å². The molecule has 2 heteroatoms. The van der Waals surface area contributed by atoms with E-state index in [4.69, 9.17) is 0 Å². The quantitative estimate of drug-likeness (QED) is 0.706. The molecule has 2 nitrogen and oxygen atoms in total. The number of rotatable bonds is 1. The summed E-state index contributed by atoms with van der Waals surface area (Å²) in [7, 11) is 0. The van der Waals surface area contributed by atoms with Gasteiger partial charge in [0.1, 0.15) is 0 Å². The van der Waals surface area contributed by atoms with Crippen molar-refractivity contribution in [1.29, 1.82) is 0 Å². The molecule has 2 aliphatic heterocycles. The van der Waals surface area contributed by atoms with Gasteiger partial charge in [-0.2, -0.15) is 0 Å². The molecule has 2 heterocycles. The lowest BCUT2D eigenvalue weighted by molar-refractivity contribution is -0.743. The van der Waals surface area contributed by atoms with Crippen molar-refractivity contribution < 1.29 is 5.32 Å². The SMILES string of the molecule is CC.CC.CCN1CCCC2(C[NH2+]C2)C1. The smallest absolute Gasteiger partial charge is 0.0879 e. The molecule has 0 aromatic carbocycles. The summed E-state index contributed by atoms with van der Waals surface area (Å²) in [5.74, 6) is 0. The number of hydrogen-bond acceptors (Lipinski definition) is 1. The van der Waals surface area contributed by atoms with Gasteiger partial charge in [-0.1, -0.05) is 34.6 Å². The molecular weight excluding hydrogens is 184 g/mol. The molecule has 2 saturated heterocycles. The average molecular weight is 215 g/mol. The minimum Gasteiger partial charge on any atom is -0.345 e. The fraction of sp³-hybridized carbons (Fsp3) is 1.00. The fourth-order valence-electron chi connectivity index (χ4n) is 2.47. The Labute approximate surface area is 96.4 Å². The molecule has 2 N–H and O–H groups in total. The lowest BCUT2D eigenvalue weighted by Gasteiger charge is -2.45. The van der Waals surface area contributed by atoms with Crippen molar-refractivity contribution in [3.8, 4) is 0 Å². The van der Waals surface area contributed by atoms with Gasteiger partial charge in [-0.15, -0.1) is 0 Å². The van der Waals surface area contributed by atoms with Gasteiger partial charge >= 0.3 is 0 Å². The summed E-state index contributed by atoms with van der Waals surface area (Å²) >= 11 is 0. The van der Waals surface area contributed by atoms with Crippen LogP contribution in [0.4, 0.5) is 0 Å². The first kappa shape index (κ1) is 14.9. The minimum absolute atomic E-state index is 0.744. The molecule has 0 saturated carbocycles. The van der Waals surface area contributed by atoms with E-state index in [-0.39, 0.29) is 0 Å². The zero-order valence-electron chi connectivity index (χ0n) is 11.5. The monoisotopic (exact) mass is 215 g/mol. The van der Waals surface area contributed by atoms with Crippen molar-refractivity contribution in [3.63, 3.8) is 0 Å². The first-order chi connectivity index (χ1) is 7.35. The van der Waals surface area contributed by atoms with Crippen molar-refractivity contribution >= 4 is 0 Å². The Balaban J connectivity index is 0.000000442. The van der Waals surface area contributed by atoms with Crippen LogP contribution in [0.5, 0.6) is 0 Å². The highest BCUT2D eigenvalue weighted by atomic mass is 15.2. The summed E-state index contributed by atoms with van der Waals surface area (Å²) in [6.07, 6.45) is 2.92. The third-order valence-electron chi connectivity index (χ3n) is 3.34. The number of piperidine rings is 1. The van der Waals surface area contributed by atoms with Gasteiger partial charge in [0.2, 0.25) is 0 Å². The average Bonchev–Trinajstić information content (AvgIpc) is 2.32. The summed E-state index contributed by atoms with van der Waals surface area (Å²) < 4.78 is 0. The van der Waals surface area contributed by atoms with E-state index in [1.807, 2.05) is 27.7 Å². The van der Waals surface area contributed by atoms with Crippen LogP contribution in [0.25, 0.3) is 0 Å². The Bertz CT molecular complexity index is 141. The lowest BCUT2D eigenvalue weighted by Crippen LogP contribution is -3.01. The van der Waals surface area contributed by atoms with E-state index in [1.165, 1.54) is 45.6 Å². The molecule has 2 fully saturated rings. The molecule has 2 rings (SSSR count). The normalized spacial score (nSPS) is 23.0. The number of quaternary nitrogens is 1. The molecule has 92 valence electrons. The van der Waals surface area contributed by atoms with Gasteiger partial charge in [-0.05, 0) is 25.9 Å². The number of hydrogen-bond donors (Lipinski definition) is 1. The predicted octanol–water partition coefficient (Wildman–Crippen LogP) is 1.72. The molecule has 1 spiro atoms. The highest BCUT2D eigenvalue weighted by Crippen LogP contribution is 2.29. The first-order valence-corrected chi connectivity index (χ1v) is 6.89. The molecular formula is C13H31N2+. The molecule has 2 aliphatic rings. The second kappa shape index (κ2) is 8.12. The Hall–Kier alpha value is -0.0800. The van der Waals surface area contributed by atoms with Crippen LogP contribution in [-0.2, 0) is 0 Å². The Morgan fingerprint density at radius 2 is 1.73 bits per heavy atom. The van der Waals surface area contributed by atoms with Crippen LogP contribution in [0.1, 0.15) is 47.5 Å². The molecule has 0 radical (unpaired) electrons. The van der Waals surface area contributed by atoms with E-state index in [1.54, 1.807) is 0 Å². The molecule has 15 heavy (non-hydrogen) atoms. The van der Waals surface area contributed by atoms with Gasteiger partial charge in [-0.25, -0.2) is 0 Å². The molecule has 0 aliphatic carbocycles. The van der Waals surface area contributed by atoms with E-state index >= 15 is 0 Å². The summed E-state index contributed by atoms with van der Waals surface area (Å²) in [6, 6.07) is 0. The highest BCUT2D eigenvalue weighted by Gasteiger charge is 2.44. The standard InChI is InChI=1S/C9H18N2.2C2H6/c1-2-11-5-3-4-9(8-11)6-10-7-9;2*1-2/h10H,2-8H2,1H3;2*1-2H3/p+1. The van der Waals surface area contributed by atoms with Gasteiger partial charge in [0.05, 0.1) is 18.5 Å². The summed E-state index contributed by atoms with van der Waals surface area (Å²) in [6.45, 7) is 17.0. The maximum atomic E-state index is 2.61. The van der Waals surface area contributed by atoms with E-state index < -0.39 is 0 Å². The predicted molar refractivity (Wildman–Crippen MR) is 68.1 cm³/mol. The highest BCUT2D eigenvalue weighted by molar-refractivity contribution is 4.88. The Morgan fingerprint density at radius 3 is 2.13 bits per heavy atom. The Morgan fingerprint density at radius 1 is 1.13 bits per heavy atom. The van der Waals surface area contributed by atoms with Crippen molar-refractivity contribution in [2.24, 2.45) is 5.41 Å². The van der Waals surface area contributed by atoms with Crippen LogP contribution < -0.4 is 5.32 Å². The zero-order valence-corrected chi connectivity index (χ0v) is 11.5. The van der Waals surface area contributed by atoms with Crippen molar-refractivity contribution in [2.45, 2.75) is 47.5 Å². The van der Waals surface area contributed by atoms with Crippen molar-refractivity contribution in [2.75, 3.05) is 32.7 Å². The summed E-state index contributed by atoms with van der Waals surface area (Å²) in [5, 5.41) is 2.44. The maximum absolute atomic E-state index is 2.61. The Kier molecular flexibility index (Phi) is 8.07. The van der Waals surface area contributed by atoms with Crippen molar-refractivity contribution in [1.82, 2.24) is 4.90 Å². The van der Waals surface area contributed by atoms with Crippen LogP contribution in [0.3, 0.4) is 0 Å². The van der Waals surface area contributed by atoms with Gasteiger partial charge in [0.25, 0.3) is 0 Å². The summed E-state index contributed by atoms with van der Waals surface area (Å²) in [5.41, 5.74) is 0.744. The van der Waals surface area contributed by atoms with E-state index in [0.717, 1.165) is 5.41 Å². The molecule has 0 amide bonds. The minimum atomic E-state index is 0.744. The van der Waals surface area contributed by atoms with Crippen LogP contribution in [0.15, 0.2) is 0 Å². The molecule has 0 bridgehead atoms. The second-order valence-corrected chi connectivity index (χ2v) is 4.17.